The van der Waals surface area contributed by atoms with E-state index in [0.29, 0.717) is 26.4 Å². The minimum Gasteiger partial charge on any atom is -0.338 e. The van der Waals surface area contributed by atoms with E-state index in [9.17, 15) is 9.59 Å². The quantitative estimate of drug-likeness (QED) is 0.833. The first-order chi connectivity index (χ1) is 12.0. The lowest BCUT2D eigenvalue weighted by Crippen LogP contribution is -2.37. The molecule has 0 saturated carbocycles. The van der Waals surface area contributed by atoms with Crippen molar-refractivity contribution >= 4 is 39.8 Å². The van der Waals surface area contributed by atoms with Gasteiger partial charge in [0.1, 0.15) is 0 Å². The van der Waals surface area contributed by atoms with Gasteiger partial charge in [-0.3, -0.25) is 9.59 Å². The number of piperidine rings is 1. The molecule has 0 spiro atoms. The second-order valence-corrected chi connectivity index (χ2v) is 7.99. The number of amides is 2. The summed E-state index contributed by atoms with van der Waals surface area (Å²) in [5.74, 6) is 0.476. The Morgan fingerprint density at radius 3 is 2.60 bits per heavy atom. The topological polar surface area (TPSA) is 49.4 Å². The number of carbonyl (C=O) groups excluding carboxylic acids is 2. The fourth-order valence-corrected chi connectivity index (χ4v) is 4.19. The second kappa shape index (κ2) is 7.58. The van der Waals surface area contributed by atoms with Gasteiger partial charge in [0, 0.05) is 13.1 Å². The van der Waals surface area contributed by atoms with Gasteiger partial charge in [-0.15, -0.1) is 11.3 Å². The normalized spacial score (nSPS) is 15.2. The summed E-state index contributed by atoms with van der Waals surface area (Å²) in [5.41, 5.74) is 1.32. The SMILES string of the molecule is Cc1cc(NC(=O)c2ccccc2Cl)sc1C(=O)N1CCC(C)CC1. The van der Waals surface area contributed by atoms with E-state index in [0.717, 1.165) is 31.5 Å². The maximum Gasteiger partial charge on any atom is 0.264 e. The summed E-state index contributed by atoms with van der Waals surface area (Å²) in [6.45, 7) is 5.74. The van der Waals surface area contributed by atoms with E-state index in [-0.39, 0.29) is 11.8 Å². The lowest BCUT2D eigenvalue weighted by Gasteiger charge is -2.30. The third-order valence-electron chi connectivity index (χ3n) is 4.54. The van der Waals surface area contributed by atoms with Crippen LogP contribution in [0.1, 0.15) is 45.4 Å². The van der Waals surface area contributed by atoms with Gasteiger partial charge in [-0.2, -0.15) is 0 Å². The van der Waals surface area contributed by atoms with Crippen molar-refractivity contribution in [3.63, 3.8) is 0 Å². The van der Waals surface area contributed by atoms with Crippen LogP contribution in [0.15, 0.2) is 30.3 Å². The first kappa shape index (κ1) is 18.0. The summed E-state index contributed by atoms with van der Waals surface area (Å²) >= 11 is 7.39. The highest BCUT2D eigenvalue weighted by molar-refractivity contribution is 7.18. The summed E-state index contributed by atoms with van der Waals surface area (Å²) in [7, 11) is 0. The largest absolute Gasteiger partial charge is 0.338 e. The zero-order chi connectivity index (χ0) is 18.0. The van der Waals surface area contributed by atoms with Gasteiger partial charge in [0.15, 0.2) is 0 Å². The molecule has 25 heavy (non-hydrogen) atoms. The van der Waals surface area contributed by atoms with Crippen molar-refractivity contribution in [2.45, 2.75) is 26.7 Å². The Morgan fingerprint density at radius 2 is 1.92 bits per heavy atom. The van der Waals surface area contributed by atoms with Gasteiger partial charge in [-0.1, -0.05) is 30.7 Å². The summed E-state index contributed by atoms with van der Waals surface area (Å²) in [4.78, 5) is 27.7. The van der Waals surface area contributed by atoms with Crippen molar-refractivity contribution in [2.75, 3.05) is 18.4 Å². The van der Waals surface area contributed by atoms with Crippen molar-refractivity contribution in [2.24, 2.45) is 5.92 Å². The smallest absolute Gasteiger partial charge is 0.264 e. The summed E-state index contributed by atoms with van der Waals surface area (Å²) < 4.78 is 0. The molecular weight excluding hydrogens is 356 g/mol. The Bertz CT molecular complexity index is 794. The number of aryl methyl sites for hydroxylation is 1. The van der Waals surface area contributed by atoms with Gasteiger partial charge in [-0.05, 0) is 49.4 Å². The van der Waals surface area contributed by atoms with Crippen LogP contribution in [0.25, 0.3) is 0 Å². The van der Waals surface area contributed by atoms with Crippen molar-refractivity contribution in [1.29, 1.82) is 0 Å². The molecule has 2 heterocycles. The van der Waals surface area contributed by atoms with Crippen molar-refractivity contribution in [1.82, 2.24) is 4.90 Å². The minimum absolute atomic E-state index is 0.0626. The number of benzene rings is 1. The third kappa shape index (κ3) is 4.05. The van der Waals surface area contributed by atoms with Crippen LogP contribution >= 0.6 is 22.9 Å². The average molecular weight is 377 g/mol. The Kier molecular flexibility index (Phi) is 5.45. The molecule has 1 N–H and O–H groups in total. The number of carbonyl (C=O) groups is 2. The predicted octanol–water partition coefficient (Wildman–Crippen LogP) is 4.83. The molecule has 0 aliphatic carbocycles. The number of nitrogens with one attached hydrogen (secondary N) is 1. The van der Waals surface area contributed by atoms with E-state index in [4.69, 9.17) is 11.6 Å². The number of halogens is 1. The van der Waals surface area contributed by atoms with Crippen LogP contribution < -0.4 is 5.32 Å². The number of likely N-dealkylation sites (tertiary alicyclic amines) is 1. The summed E-state index contributed by atoms with van der Waals surface area (Å²) in [6.07, 6.45) is 2.10. The maximum atomic E-state index is 12.8. The van der Waals surface area contributed by atoms with Gasteiger partial charge in [0.05, 0.1) is 20.5 Å². The fourth-order valence-electron chi connectivity index (χ4n) is 2.94. The number of thiophene rings is 1. The molecule has 0 bridgehead atoms. The molecule has 0 radical (unpaired) electrons. The first-order valence-electron chi connectivity index (χ1n) is 8.41. The molecule has 1 aliphatic rings. The molecule has 0 unspecified atom stereocenters. The molecule has 1 aromatic heterocycles. The maximum absolute atomic E-state index is 12.8. The fraction of sp³-hybridized carbons (Fsp3) is 0.368. The van der Waals surface area contributed by atoms with Crippen LogP contribution in [0.3, 0.4) is 0 Å². The van der Waals surface area contributed by atoms with Crippen LogP contribution in [0.5, 0.6) is 0 Å². The standard InChI is InChI=1S/C19H21ClN2O2S/c1-12-7-9-22(10-8-12)19(24)17-13(2)11-16(25-17)21-18(23)14-5-3-4-6-15(14)20/h3-6,11-12H,7-10H2,1-2H3,(H,21,23). The van der Waals surface area contributed by atoms with E-state index in [1.165, 1.54) is 11.3 Å². The van der Waals surface area contributed by atoms with Crippen molar-refractivity contribution in [3.05, 3.63) is 51.4 Å². The van der Waals surface area contributed by atoms with E-state index in [2.05, 4.69) is 12.2 Å². The molecule has 1 fully saturated rings. The number of nitrogens with zero attached hydrogens (tertiary/aromatic N) is 1. The Morgan fingerprint density at radius 1 is 1.24 bits per heavy atom. The van der Waals surface area contributed by atoms with E-state index in [1.54, 1.807) is 24.3 Å². The lowest BCUT2D eigenvalue weighted by atomic mass is 9.99. The number of anilines is 1. The van der Waals surface area contributed by atoms with Gasteiger partial charge < -0.3 is 10.2 Å². The highest BCUT2D eigenvalue weighted by Crippen LogP contribution is 2.30. The minimum atomic E-state index is -0.266. The second-order valence-electron chi connectivity index (χ2n) is 6.53. The molecule has 132 valence electrons. The highest BCUT2D eigenvalue weighted by atomic mass is 35.5. The van der Waals surface area contributed by atoms with Crippen molar-refractivity contribution < 1.29 is 9.59 Å². The Balaban J connectivity index is 1.73. The zero-order valence-electron chi connectivity index (χ0n) is 14.3. The van der Waals surface area contributed by atoms with Gasteiger partial charge in [-0.25, -0.2) is 0 Å². The number of hydrogen-bond acceptors (Lipinski definition) is 3. The molecule has 2 amide bonds. The van der Waals surface area contributed by atoms with Crippen LogP contribution in [0, 0.1) is 12.8 Å². The molecule has 6 heteroatoms. The van der Waals surface area contributed by atoms with Crippen molar-refractivity contribution in [3.8, 4) is 0 Å². The molecular formula is C19H21ClN2O2S. The molecule has 3 rings (SSSR count). The molecule has 2 aromatic rings. The van der Waals surface area contributed by atoms with E-state index in [1.807, 2.05) is 17.9 Å². The number of hydrogen-bond donors (Lipinski definition) is 1. The number of rotatable bonds is 3. The third-order valence-corrected chi connectivity index (χ3v) is 6.01. The first-order valence-corrected chi connectivity index (χ1v) is 9.60. The Labute approximate surface area is 156 Å². The molecule has 0 atom stereocenters. The average Bonchev–Trinajstić information content (AvgIpc) is 2.95. The van der Waals surface area contributed by atoms with E-state index >= 15 is 0 Å². The van der Waals surface area contributed by atoms with E-state index < -0.39 is 0 Å². The molecule has 1 aliphatic heterocycles. The summed E-state index contributed by atoms with van der Waals surface area (Å²) in [5, 5.41) is 3.92. The lowest BCUT2D eigenvalue weighted by molar-refractivity contribution is 0.0701. The van der Waals surface area contributed by atoms with Crippen LogP contribution in [0.2, 0.25) is 5.02 Å². The van der Waals surface area contributed by atoms with Crippen LogP contribution in [-0.4, -0.2) is 29.8 Å². The molecule has 1 saturated heterocycles. The van der Waals surface area contributed by atoms with Gasteiger partial charge >= 0.3 is 0 Å². The Hall–Kier alpha value is -1.85. The van der Waals surface area contributed by atoms with Gasteiger partial charge in [0.2, 0.25) is 0 Å². The molecule has 1 aromatic carbocycles. The monoisotopic (exact) mass is 376 g/mol. The summed E-state index contributed by atoms with van der Waals surface area (Å²) in [6, 6.07) is 8.76. The predicted molar refractivity (Wildman–Crippen MR) is 103 cm³/mol. The zero-order valence-corrected chi connectivity index (χ0v) is 15.9. The van der Waals surface area contributed by atoms with Crippen LogP contribution in [0.4, 0.5) is 5.00 Å². The van der Waals surface area contributed by atoms with Crippen LogP contribution in [-0.2, 0) is 0 Å². The molecule has 4 nitrogen and oxygen atoms in total. The highest BCUT2D eigenvalue weighted by Gasteiger charge is 2.24. The van der Waals surface area contributed by atoms with Gasteiger partial charge in [0.25, 0.3) is 11.8 Å².